The molecular formula is C29H33NO5. The summed E-state index contributed by atoms with van der Waals surface area (Å²) in [6.07, 6.45) is 3.32. The van der Waals surface area contributed by atoms with Crippen LogP contribution in [0.4, 0.5) is 0 Å². The lowest BCUT2D eigenvalue weighted by atomic mass is 9.67. The molecule has 0 radical (unpaired) electrons. The first kappa shape index (κ1) is 24.9. The number of carbonyl (C=O) groups excluding carboxylic acids is 2. The third-order valence-corrected chi connectivity index (χ3v) is 7.45. The Morgan fingerprint density at radius 3 is 2.40 bits per heavy atom. The van der Waals surface area contributed by atoms with E-state index in [1.165, 1.54) is 11.9 Å². The number of aromatic hydroxyl groups is 1. The van der Waals surface area contributed by atoms with Crippen LogP contribution in [0.15, 0.2) is 65.7 Å². The second-order valence-electron chi connectivity index (χ2n) is 9.46. The quantitative estimate of drug-likeness (QED) is 0.304. The van der Waals surface area contributed by atoms with E-state index in [2.05, 4.69) is 0 Å². The maximum Gasteiger partial charge on any atom is 0.233 e. The van der Waals surface area contributed by atoms with Gasteiger partial charge in [-0.2, -0.15) is 0 Å². The fraction of sp³-hybridized carbons (Fsp3) is 0.379. The Kier molecular flexibility index (Phi) is 7.53. The minimum absolute atomic E-state index is 0.193. The molecule has 184 valence electrons. The summed E-state index contributed by atoms with van der Waals surface area (Å²) in [6.45, 7) is 1.71. The van der Waals surface area contributed by atoms with Gasteiger partial charge in [-0.25, -0.2) is 0 Å². The van der Waals surface area contributed by atoms with E-state index < -0.39 is 23.9 Å². The maximum absolute atomic E-state index is 12.8. The number of likely N-dealkylation sites (tertiary alicyclic amines) is 1. The van der Waals surface area contributed by atoms with Crippen molar-refractivity contribution in [2.24, 2.45) is 17.8 Å². The summed E-state index contributed by atoms with van der Waals surface area (Å²) >= 11 is 0. The van der Waals surface area contributed by atoms with Gasteiger partial charge < -0.3 is 15.3 Å². The second kappa shape index (κ2) is 10.6. The number of fused-ring (bicyclic) bond motifs is 1. The molecule has 4 rings (SSSR count). The molecule has 0 spiro atoms. The van der Waals surface area contributed by atoms with Crippen LogP contribution in [0.5, 0.6) is 5.75 Å². The number of allylic oxidation sites excluding steroid dienone is 2. The van der Waals surface area contributed by atoms with Crippen LogP contribution in [0.3, 0.4) is 0 Å². The van der Waals surface area contributed by atoms with Gasteiger partial charge in [0.15, 0.2) is 0 Å². The molecule has 0 saturated carbocycles. The number of aliphatic hydroxyl groups is 2. The highest BCUT2D eigenvalue weighted by Gasteiger charge is 2.53. The largest absolute Gasteiger partial charge is 0.508 e. The SMILES string of the molecule is CCC1=C([C@H](O)CC/C(=C/c2ccc(O)cc2)c2ccccc2)[C@H](CO)[C@@H]2C(=O)N(C)C(=O)[C@@H]2C1. The molecule has 1 fully saturated rings. The molecule has 2 aliphatic rings. The lowest BCUT2D eigenvalue weighted by Gasteiger charge is -2.36. The number of imide groups is 1. The first-order chi connectivity index (χ1) is 16.8. The van der Waals surface area contributed by atoms with Gasteiger partial charge in [0.05, 0.1) is 24.5 Å². The average molecular weight is 476 g/mol. The molecule has 0 unspecified atom stereocenters. The van der Waals surface area contributed by atoms with Crippen molar-refractivity contribution < 1.29 is 24.9 Å². The molecule has 4 atom stereocenters. The highest BCUT2D eigenvalue weighted by Crippen LogP contribution is 2.46. The van der Waals surface area contributed by atoms with Gasteiger partial charge in [0.2, 0.25) is 11.8 Å². The van der Waals surface area contributed by atoms with Gasteiger partial charge in [0.1, 0.15) is 5.75 Å². The van der Waals surface area contributed by atoms with Gasteiger partial charge in [-0.15, -0.1) is 0 Å². The first-order valence-electron chi connectivity index (χ1n) is 12.2. The minimum Gasteiger partial charge on any atom is -0.508 e. The summed E-state index contributed by atoms with van der Waals surface area (Å²) in [4.78, 5) is 26.6. The Bertz CT molecular complexity index is 1140. The lowest BCUT2D eigenvalue weighted by molar-refractivity contribution is -0.138. The molecule has 0 aromatic heterocycles. The zero-order chi connectivity index (χ0) is 25.1. The molecule has 2 amide bonds. The van der Waals surface area contributed by atoms with Crippen LogP contribution in [-0.2, 0) is 9.59 Å². The van der Waals surface area contributed by atoms with E-state index in [4.69, 9.17) is 0 Å². The van der Waals surface area contributed by atoms with E-state index in [0.717, 1.165) is 27.8 Å². The van der Waals surface area contributed by atoms with Crippen LogP contribution in [0.1, 0.15) is 43.7 Å². The van der Waals surface area contributed by atoms with E-state index in [0.29, 0.717) is 25.7 Å². The standard InChI is InChI=1S/C29H33NO5/c1-3-19-16-23-27(29(35)30(2)28(23)34)24(17-31)26(19)25(33)14-11-21(20-7-5-4-6-8-20)15-18-9-12-22(32)13-10-18/h4-10,12-13,15,23-25,27,31-33H,3,11,14,16-17H2,1-2H3/b21-15-/t23-,24+,25-,27-/m1/s1. The summed E-state index contributed by atoms with van der Waals surface area (Å²) in [5.74, 6) is -1.88. The Hall–Kier alpha value is -3.22. The van der Waals surface area contributed by atoms with Crippen LogP contribution < -0.4 is 0 Å². The van der Waals surface area contributed by atoms with E-state index in [-0.39, 0.29) is 24.2 Å². The predicted molar refractivity (Wildman–Crippen MR) is 135 cm³/mol. The number of amides is 2. The summed E-state index contributed by atoms with van der Waals surface area (Å²) in [7, 11) is 1.50. The molecule has 1 aliphatic carbocycles. The lowest BCUT2D eigenvalue weighted by Crippen LogP contribution is -2.38. The van der Waals surface area contributed by atoms with E-state index in [9.17, 15) is 24.9 Å². The number of benzene rings is 2. The van der Waals surface area contributed by atoms with Crippen molar-refractivity contribution in [2.75, 3.05) is 13.7 Å². The Morgan fingerprint density at radius 1 is 1.09 bits per heavy atom. The van der Waals surface area contributed by atoms with Crippen molar-refractivity contribution >= 4 is 23.5 Å². The smallest absolute Gasteiger partial charge is 0.233 e. The van der Waals surface area contributed by atoms with Gasteiger partial charge in [-0.05, 0) is 60.1 Å². The molecule has 3 N–H and O–H groups in total. The normalized spacial score (nSPS) is 23.6. The Morgan fingerprint density at radius 2 is 1.77 bits per heavy atom. The van der Waals surface area contributed by atoms with Crippen molar-refractivity contribution in [3.05, 3.63) is 76.9 Å². The molecule has 2 aromatic rings. The third kappa shape index (κ3) is 4.95. The highest BCUT2D eigenvalue weighted by molar-refractivity contribution is 6.05. The molecule has 6 nitrogen and oxygen atoms in total. The van der Waals surface area contributed by atoms with Gasteiger partial charge >= 0.3 is 0 Å². The number of nitrogens with zero attached hydrogens (tertiary/aromatic N) is 1. The monoisotopic (exact) mass is 475 g/mol. The topological polar surface area (TPSA) is 98.1 Å². The molecule has 6 heteroatoms. The van der Waals surface area contributed by atoms with Crippen molar-refractivity contribution in [1.82, 2.24) is 4.90 Å². The third-order valence-electron chi connectivity index (χ3n) is 7.45. The van der Waals surface area contributed by atoms with Crippen molar-refractivity contribution in [3.8, 4) is 5.75 Å². The van der Waals surface area contributed by atoms with Crippen LogP contribution in [0.2, 0.25) is 0 Å². The molecule has 35 heavy (non-hydrogen) atoms. The van der Waals surface area contributed by atoms with Gasteiger partial charge in [-0.1, -0.05) is 61.0 Å². The van der Waals surface area contributed by atoms with Crippen molar-refractivity contribution in [3.63, 3.8) is 0 Å². The number of carbonyl (C=O) groups is 2. The Labute approximate surface area is 206 Å². The highest BCUT2D eigenvalue weighted by atomic mass is 16.3. The van der Waals surface area contributed by atoms with Crippen LogP contribution >= 0.6 is 0 Å². The van der Waals surface area contributed by atoms with E-state index >= 15 is 0 Å². The van der Waals surface area contributed by atoms with Crippen molar-refractivity contribution in [1.29, 1.82) is 0 Å². The number of hydrogen-bond donors (Lipinski definition) is 3. The summed E-state index contributed by atoms with van der Waals surface area (Å²) in [5.41, 5.74) is 4.72. The summed E-state index contributed by atoms with van der Waals surface area (Å²) in [5, 5.41) is 31.3. The minimum atomic E-state index is -0.830. The average Bonchev–Trinajstić information content (AvgIpc) is 3.10. The molecule has 0 bridgehead atoms. The summed E-state index contributed by atoms with van der Waals surface area (Å²) < 4.78 is 0. The van der Waals surface area contributed by atoms with E-state index in [1.54, 1.807) is 12.1 Å². The van der Waals surface area contributed by atoms with E-state index in [1.807, 2.05) is 55.5 Å². The summed E-state index contributed by atoms with van der Waals surface area (Å²) in [6, 6.07) is 16.9. The fourth-order valence-electron chi connectivity index (χ4n) is 5.63. The van der Waals surface area contributed by atoms with Gasteiger partial charge in [0, 0.05) is 13.0 Å². The number of hydrogen-bond acceptors (Lipinski definition) is 5. The zero-order valence-electron chi connectivity index (χ0n) is 20.2. The first-order valence-corrected chi connectivity index (χ1v) is 12.2. The van der Waals surface area contributed by atoms with Crippen LogP contribution in [-0.4, -0.2) is 51.8 Å². The fourth-order valence-corrected chi connectivity index (χ4v) is 5.63. The number of phenols is 1. The molecule has 1 heterocycles. The number of phenolic OH excluding ortho intramolecular Hbond substituents is 1. The molecule has 2 aromatic carbocycles. The van der Waals surface area contributed by atoms with Gasteiger partial charge in [-0.3, -0.25) is 14.5 Å². The molecule has 1 saturated heterocycles. The molecular weight excluding hydrogens is 442 g/mol. The number of aliphatic hydroxyl groups excluding tert-OH is 2. The van der Waals surface area contributed by atoms with Crippen LogP contribution in [0, 0.1) is 17.8 Å². The Balaban J connectivity index is 1.61. The van der Waals surface area contributed by atoms with Gasteiger partial charge in [0.25, 0.3) is 0 Å². The zero-order valence-corrected chi connectivity index (χ0v) is 20.2. The second-order valence-corrected chi connectivity index (χ2v) is 9.46. The maximum atomic E-state index is 12.8. The predicted octanol–water partition coefficient (Wildman–Crippen LogP) is 4.02. The number of rotatable bonds is 8. The van der Waals surface area contributed by atoms with Crippen molar-refractivity contribution in [2.45, 2.75) is 38.7 Å². The molecule has 1 aliphatic heterocycles. The van der Waals surface area contributed by atoms with Crippen LogP contribution in [0.25, 0.3) is 11.6 Å².